The van der Waals surface area contributed by atoms with Crippen molar-refractivity contribution in [1.82, 2.24) is 0 Å². The van der Waals surface area contributed by atoms with Gasteiger partial charge in [0.25, 0.3) is 0 Å². The lowest BCUT2D eigenvalue weighted by atomic mass is 9.94. The Kier molecular flexibility index (Phi) is 3.06. The number of aliphatic hydroxyl groups is 1. The Morgan fingerprint density at radius 2 is 2.38 bits per heavy atom. The van der Waals surface area contributed by atoms with Gasteiger partial charge in [-0.2, -0.15) is 11.3 Å². The van der Waals surface area contributed by atoms with Gasteiger partial charge < -0.3 is 10.4 Å². The highest BCUT2D eigenvalue weighted by Gasteiger charge is 2.26. The highest BCUT2D eigenvalue weighted by Crippen LogP contribution is 2.19. The molecule has 0 spiro atoms. The third-order valence-corrected chi connectivity index (χ3v) is 2.47. The fraction of sp³-hybridized carbons (Fsp3) is 0.444. The van der Waals surface area contributed by atoms with Crippen LogP contribution >= 0.6 is 11.3 Å². The van der Waals surface area contributed by atoms with Crippen LogP contribution in [0.25, 0.3) is 0 Å². The summed E-state index contributed by atoms with van der Waals surface area (Å²) in [4.78, 5) is 11.5. The highest BCUT2D eigenvalue weighted by atomic mass is 32.1. The first kappa shape index (κ1) is 10.2. The molecule has 1 rings (SSSR count). The molecule has 0 bridgehead atoms. The largest absolute Gasteiger partial charge is 0.395 e. The summed E-state index contributed by atoms with van der Waals surface area (Å²) in [5, 5.41) is 15.4. The molecule has 3 nitrogen and oxygen atoms in total. The molecule has 0 atom stereocenters. The van der Waals surface area contributed by atoms with E-state index in [0.29, 0.717) is 0 Å². The smallest absolute Gasteiger partial charge is 0.232 e. The summed E-state index contributed by atoms with van der Waals surface area (Å²) in [6.07, 6.45) is 0. The molecular weight excluding hydrogens is 186 g/mol. The van der Waals surface area contributed by atoms with Gasteiger partial charge in [0.05, 0.1) is 17.7 Å². The van der Waals surface area contributed by atoms with E-state index < -0.39 is 5.41 Å². The van der Waals surface area contributed by atoms with Crippen LogP contribution in [0.5, 0.6) is 0 Å². The number of carbonyl (C=O) groups excluding carboxylic acids is 1. The molecule has 1 heterocycles. The number of hydrogen-bond acceptors (Lipinski definition) is 3. The fourth-order valence-electron chi connectivity index (χ4n) is 0.708. The Balaban J connectivity index is 2.61. The molecule has 0 aliphatic heterocycles. The van der Waals surface area contributed by atoms with Crippen molar-refractivity contribution in [3.63, 3.8) is 0 Å². The predicted molar refractivity (Wildman–Crippen MR) is 53.8 cm³/mol. The second kappa shape index (κ2) is 3.89. The molecule has 0 aliphatic carbocycles. The minimum Gasteiger partial charge on any atom is -0.395 e. The lowest BCUT2D eigenvalue weighted by Crippen LogP contribution is -2.33. The van der Waals surface area contributed by atoms with Crippen molar-refractivity contribution in [3.8, 4) is 0 Å². The van der Waals surface area contributed by atoms with Crippen molar-refractivity contribution >= 4 is 22.9 Å². The zero-order chi connectivity index (χ0) is 9.90. The van der Waals surface area contributed by atoms with Crippen molar-refractivity contribution in [1.29, 1.82) is 0 Å². The average Bonchev–Trinajstić information content (AvgIpc) is 2.57. The molecule has 0 saturated carbocycles. The van der Waals surface area contributed by atoms with Crippen molar-refractivity contribution in [2.75, 3.05) is 11.9 Å². The van der Waals surface area contributed by atoms with E-state index in [9.17, 15) is 4.79 Å². The zero-order valence-corrected chi connectivity index (χ0v) is 8.52. The van der Waals surface area contributed by atoms with E-state index in [1.165, 1.54) is 11.3 Å². The zero-order valence-electron chi connectivity index (χ0n) is 7.70. The van der Waals surface area contributed by atoms with E-state index in [0.717, 1.165) is 5.69 Å². The number of aliphatic hydroxyl groups excluding tert-OH is 1. The minimum absolute atomic E-state index is 0.150. The molecular formula is C9H13NO2S. The average molecular weight is 199 g/mol. The molecule has 1 aromatic heterocycles. The Morgan fingerprint density at radius 3 is 2.85 bits per heavy atom. The van der Waals surface area contributed by atoms with Crippen LogP contribution in [0.1, 0.15) is 13.8 Å². The van der Waals surface area contributed by atoms with Crippen molar-refractivity contribution in [2.45, 2.75) is 13.8 Å². The van der Waals surface area contributed by atoms with Crippen LogP contribution in [0, 0.1) is 5.41 Å². The van der Waals surface area contributed by atoms with Gasteiger partial charge in [0.1, 0.15) is 0 Å². The Hall–Kier alpha value is -0.870. The van der Waals surface area contributed by atoms with Crippen LogP contribution in [0.3, 0.4) is 0 Å². The molecule has 0 radical (unpaired) electrons. The van der Waals surface area contributed by atoms with Crippen LogP contribution < -0.4 is 5.32 Å². The second-order valence-corrected chi connectivity index (χ2v) is 4.29. The van der Waals surface area contributed by atoms with Gasteiger partial charge in [-0.1, -0.05) is 0 Å². The Bertz CT molecular complexity index is 280. The van der Waals surface area contributed by atoms with Crippen LogP contribution in [-0.2, 0) is 4.79 Å². The number of amides is 1. The summed E-state index contributed by atoms with van der Waals surface area (Å²) in [6.45, 7) is 3.26. The molecule has 0 aliphatic rings. The molecule has 0 aromatic carbocycles. The summed E-state index contributed by atoms with van der Waals surface area (Å²) in [5.74, 6) is -0.159. The SMILES string of the molecule is CC(C)(CO)C(=O)Nc1ccsc1. The Morgan fingerprint density at radius 1 is 1.69 bits per heavy atom. The van der Waals surface area contributed by atoms with Gasteiger partial charge in [-0.05, 0) is 25.3 Å². The molecule has 0 fully saturated rings. The van der Waals surface area contributed by atoms with Gasteiger partial charge in [-0.3, -0.25) is 4.79 Å². The second-order valence-electron chi connectivity index (χ2n) is 3.51. The first-order valence-corrected chi connectivity index (χ1v) is 4.95. The fourth-order valence-corrected chi connectivity index (χ4v) is 1.30. The monoisotopic (exact) mass is 199 g/mol. The normalized spacial score (nSPS) is 11.3. The number of rotatable bonds is 3. The first-order chi connectivity index (χ1) is 6.06. The van der Waals surface area contributed by atoms with Gasteiger partial charge >= 0.3 is 0 Å². The molecule has 1 amide bonds. The molecule has 0 unspecified atom stereocenters. The number of hydrogen-bond donors (Lipinski definition) is 2. The molecule has 2 N–H and O–H groups in total. The standard InChI is InChI=1S/C9H13NO2S/c1-9(2,6-11)8(12)10-7-3-4-13-5-7/h3-5,11H,6H2,1-2H3,(H,10,12). The predicted octanol–water partition coefficient (Wildman–Crippen LogP) is 1.71. The van der Waals surface area contributed by atoms with Crippen molar-refractivity contribution in [2.24, 2.45) is 5.41 Å². The molecule has 0 saturated heterocycles. The maximum absolute atomic E-state index is 11.5. The van der Waals surface area contributed by atoms with Gasteiger partial charge in [-0.25, -0.2) is 0 Å². The summed E-state index contributed by atoms with van der Waals surface area (Å²) >= 11 is 1.52. The van der Waals surface area contributed by atoms with Gasteiger partial charge in [-0.15, -0.1) is 0 Å². The summed E-state index contributed by atoms with van der Waals surface area (Å²) < 4.78 is 0. The van der Waals surface area contributed by atoms with E-state index in [1.807, 2.05) is 16.8 Å². The van der Waals surface area contributed by atoms with Crippen LogP contribution in [-0.4, -0.2) is 17.6 Å². The lowest BCUT2D eigenvalue weighted by molar-refractivity contribution is -0.125. The lowest BCUT2D eigenvalue weighted by Gasteiger charge is -2.19. The third kappa shape index (κ3) is 2.54. The Labute approximate surface area is 81.4 Å². The highest BCUT2D eigenvalue weighted by molar-refractivity contribution is 7.08. The van der Waals surface area contributed by atoms with Crippen LogP contribution in [0.4, 0.5) is 5.69 Å². The van der Waals surface area contributed by atoms with Gasteiger partial charge in [0.2, 0.25) is 5.91 Å². The van der Waals surface area contributed by atoms with Crippen LogP contribution in [0.2, 0.25) is 0 Å². The van der Waals surface area contributed by atoms with E-state index in [1.54, 1.807) is 13.8 Å². The van der Waals surface area contributed by atoms with E-state index in [4.69, 9.17) is 5.11 Å². The summed E-state index contributed by atoms with van der Waals surface area (Å²) in [6, 6.07) is 1.83. The van der Waals surface area contributed by atoms with Crippen molar-refractivity contribution in [3.05, 3.63) is 16.8 Å². The molecule has 1 aromatic rings. The number of anilines is 1. The van der Waals surface area contributed by atoms with E-state index in [2.05, 4.69) is 5.32 Å². The van der Waals surface area contributed by atoms with Crippen LogP contribution in [0.15, 0.2) is 16.8 Å². The topological polar surface area (TPSA) is 49.3 Å². The third-order valence-electron chi connectivity index (χ3n) is 1.79. The summed E-state index contributed by atoms with van der Waals surface area (Å²) in [5.41, 5.74) is 0.0681. The molecule has 72 valence electrons. The quantitative estimate of drug-likeness (QED) is 0.778. The first-order valence-electron chi connectivity index (χ1n) is 4.01. The maximum Gasteiger partial charge on any atom is 0.232 e. The summed E-state index contributed by atoms with van der Waals surface area (Å²) in [7, 11) is 0. The van der Waals surface area contributed by atoms with Crippen molar-refractivity contribution < 1.29 is 9.90 Å². The number of nitrogens with one attached hydrogen (secondary N) is 1. The molecule has 4 heteroatoms. The number of thiophene rings is 1. The maximum atomic E-state index is 11.5. The van der Waals surface area contributed by atoms with E-state index >= 15 is 0 Å². The van der Waals surface area contributed by atoms with E-state index in [-0.39, 0.29) is 12.5 Å². The molecule has 13 heavy (non-hydrogen) atoms. The van der Waals surface area contributed by atoms with Gasteiger partial charge in [0, 0.05) is 5.38 Å². The van der Waals surface area contributed by atoms with Gasteiger partial charge in [0.15, 0.2) is 0 Å². The minimum atomic E-state index is -0.720. The number of carbonyl (C=O) groups is 1.